The Hall–Kier alpha value is -2.11. The molecule has 0 unspecified atom stereocenters. The summed E-state index contributed by atoms with van der Waals surface area (Å²) in [6, 6.07) is 1.82. The average molecular weight is 417 g/mol. The van der Waals surface area contributed by atoms with Crippen LogP contribution in [0.3, 0.4) is 0 Å². The molecule has 1 aromatic rings. The van der Waals surface area contributed by atoms with E-state index < -0.39 is 0 Å². The molecule has 3 rings (SSSR count). The van der Waals surface area contributed by atoms with Crippen molar-refractivity contribution in [2.75, 3.05) is 13.2 Å². The van der Waals surface area contributed by atoms with Gasteiger partial charge in [0.15, 0.2) is 0 Å². The number of rotatable bonds is 7. The molecule has 6 nitrogen and oxygen atoms in total. The fourth-order valence-corrected chi connectivity index (χ4v) is 4.82. The summed E-state index contributed by atoms with van der Waals surface area (Å²) in [6.45, 7) is 2.98. The standard InChI is InChI=1S/C24H36N2O4/c1-2-30-22(27)14-15-25-23(28)20-16-19-12-8-3-4-9-13-21(19)26(24(20)29)17-18-10-6-5-7-11-18/h16,18H,2-15,17H2,1H3,(H,25,28). The van der Waals surface area contributed by atoms with Crippen molar-refractivity contribution in [1.82, 2.24) is 9.88 Å². The van der Waals surface area contributed by atoms with Crippen LogP contribution in [0, 0.1) is 5.92 Å². The van der Waals surface area contributed by atoms with Crippen molar-refractivity contribution in [2.24, 2.45) is 5.92 Å². The summed E-state index contributed by atoms with van der Waals surface area (Å²) in [6.07, 6.45) is 12.6. The zero-order chi connectivity index (χ0) is 21.3. The summed E-state index contributed by atoms with van der Waals surface area (Å²) in [4.78, 5) is 37.7. The highest BCUT2D eigenvalue weighted by Crippen LogP contribution is 2.27. The third-order valence-electron chi connectivity index (χ3n) is 6.43. The zero-order valence-electron chi connectivity index (χ0n) is 18.3. The van der Waals surface area contributed by atoms with E-state index >= 15 is 0 Å². The van der Waals surface area contributed by atoms with Crippen molar-refractivity contribution in [2.45, 2.75) is 90.5 Å². The second-order valence-corrected chi connectivity index (χ2v) is 8.67. The van der Waals surface area contributed by atoms with Gasteiger partial charge in [0.05, 0.1) is 13.0 Å². The number of esters is 1. The van der Waals surface area contributed by atoms with Crippen LogP contribution in [0.5, 0.6) is 0 Å². The largest absolute Gasteiger partial charge is 0.466 e. The first-order valence-electron chi connectivity index (χ1n) is 11.8. The molecule has 1 N–H and O–H groups in total. The molecule has 2 aliphatic carbocycles. The van der Waals surface area contributed by atoms with Crippen molar-refractivity contribution in [1.29, 1.82) is 0 Å². The Morgan fingerprint density at radius 3 is 2.50 bits per heavy atom. The van der Waals surface area contributed by atoms with Crippen LogP contribution in [0.2, 0.25) is 0 Å². The molecule has 0 saturated heterocycles. The quantitative estimate of drug-likeness (QED) is 0.687. The van der Waals surface area contributed by atoms with Crippen LogP contribution in [0.4, 0.5) is 0 Å². The summed E-state index contributed by atoms with van der Waals surface area (Å²) in [7, 11) is 0. The topological polar surface area (TPSA) is 77.4 Å². The van der Waals surface area contributed by atoms with Crippen LogP contribution >= 0.6 is 0 Å². The van der Waals surface area contributed by atoms with Crippen molar-refractivity contribution in [3.8, 4) is 0 Å². The number of carbonyl (C=O) groups is 2. The lowest BCUT2D eigenvalue weighted by Crippen LogP contribution is -2.37. The van der Waals surface area contributed by atoms with E-state index in [0.29, 0.717) is 12.5 Å². The van der Waals surface area contributed by atoms with Crippen molar-refractivity contribution >= 4 is 11.9 Å². The van der Waals surface area contributed by atoms with Gasteiger partial charge < -0.3 is 14.6 Å². The number of amides is 1. The molecule has 30 heavy (non-hydrogen) atoms. The first-order chi connectivity index (χ1) is 14.6. The molecule has 0 aliphatic heterocycles. The van der Waals surface area contributed by atoms with Crippen LogP contribution in [0.15, 0.2) is 10.9 Å². The fraction of sp³-hybridized carbons (Fsp3) is 0.708. The second kappa shape index (κ2) is 11.3. The lowest BCUT2D eigenvalue weighted by Gasteiger charge is -2.26. The number of aryl methyl sites for hydroxylation is 1. The van der Waals surface area contributed by atoms with Crippen LogP contribution < -0.4 is 10.9 Å². The number of nitrogens with zero attached hydrogens (tertiary/aromatic N) is 1. The smallest absolute Gasteiger partial charge is 0.307 e. The maximum Gasteiger partial charge on any atom is 0.307 e. The SMILES string of the molecule is CCOC(=O)CCNC(=O)c1cc2c(n(CC3CCCCC3)c1=O)CCCCCC2. The molecule has 2 aliphatic rings. The Morgan fingerprint density at radius 1 is 1.07 bits per heavy atom. The second-order valence-electron chi connectivity index (χ2n) is 8.67. The highest BCUT2D eigenvalue weighted by atomic mass is 16.5. The van der Waals surface area contributed by atoms with Gasteiger partial charge in [-0.1, -0.05) is 32.1 Å². The molecule has 6 heteroatoms. The highest BCUT2D eigenvalue weighted by molar-refractivity contribution is 5.94. The van der Waals surface area contributed by atoms with E-state index in [-0.39, 0.29) is 36.0 Å². The maximum absolute atomic E-state index is 13.4. The fourth-order valence-electron chi connectivity index (χ4n) is 4.82. The van der Waals surface area contributed by atoms with E-state index in [1.807, 2.05) is 10.6 Å². The molecule has 1 saturated carbocycles. The normalized spacial score (nSPS) is 17.5. The molecule has 0 bridgehead atoms. The third kappa shape index (κ3) is 5.96. The zero-order valence-corrected chi connectivity index (χ0v) is 18.3. The Morgan fingerprint density at radius 2 is 1.77 bits per heavy atom. The first-order valence-corrected chi connectivity index (χ1v) is 11.8. The summed E-state index contributed by atoms with van der Waals surface area (Å²) < 4.78 is 6.83. The molecule has 1 aromatic heterocycles. The number of ether oxygens (including phenoxy) is 1. The molecule has 1 amide bonds. The number of nitrogens with one attached hydrogen (secondary N) is 1. The van der Waals surface area contributed by atoms with E-state index in [1.54, 1.807) is 6.92 Å². The van der Waals surface area contributed by atoms with E-state index in [0.717, 1.165) is 56.3 Å². The van der Waals surface area contributed by atoms with Gasteiger partial charge in [0.2, 0.25) is 0 Å². The summed E-state index contributed by atoms with van der Waals surface area (Å²) in [5.41, 5.74) is 2.34. The molecule has 0 spiro atoms. The molecule has 1 heterocycles. The van der Waals surface area contributed by atoms with Crippen molar-refractivity contribution < 1.29 is 14.3 Å². The van der Waals surface area contributed by atoms with Gasteiger partial charge in [-0.25, -0.2) is 0 Å². The highest BCUT2D eigenvalue weighted by Gasteiger charge is 2.23. The molecule has 166 valence electrons. The molecule has 0 aromatic carbocycles. The van der Waals surface area contributed by atoms with Gasteiger partial charge in [0.25, 0.3) is 11.5 Å². The minimum Gasteiger partial charge on any atom is -0.466 e. The number of hydrogen-bond acceptors (Lipinski definition) is 4. The minimum atomic E-state index is -0.383. The summed E-state index contributed by atoms with van der Waals surface area (Å²) >= 11 is 0. The van der Waals surface area contributed by atoms with E-state index in [1.165, 1.54) is 32.1 Å². The lowest BCUT2D eigenvalue weighted by molar-refractivity contribution is -0.142. The Balaban J connectivity index is 1.84. The Labute approximate surface area is 179 Å². The van der Waals surface area contributed by atoms with Crippen LogP contribution in [-0.2, 0) is 28.9 Å². The number of hydrogen-bond donors (Lipinski definition) is 1. The summed E-state index contributed by atoms with van der Waals surface area (Å²) in [5.74, 6) is -0.203. The molecule has 0 radical (unpaired) electrons. The van der Waals surface area contributed by atoms with Gasteiger partial charge in [0.1, 0.15) is 5.56 Å². The molecular formula is C24H36N2O4. The first kappa shape index (κ1) is 22.6. The number of fused-ring (bicyclic) bond motifs is 1. The number of carbonyl (C=O) groups excluding carboxylic acids is 2. The predicted molar refractivity (Wildman–Crippen MR) is 117 cm³/mol. The maximum atomic E-state index is 13.4. The Bertz CT molecular complexity index is 793. The van der Waals surface area contributed by atoms with Crippen LogP contribution in [-0.4, -0.2) is 29.6 Å². The van der Waals surface area contributed by atoms with Gasteiger partial charge in [-0.15, -0.1) is 0 Å². The average Bonchev–Trinajstić information content (AvgIpc) is 2.72. The van der Waals surface area contributed by atoms with Gasteiger partial charge >= 0.3 is 5.97 Å². The minimum absolute atomic E-state index is 0.112. The van der Waals surface area contributed by atoms with E-state index in [9.17, 15) is 14.4 Å². The van der Waals surface area contributed by atoms with E-state index in [2.05, 4.69) is 5.32 Å². The van der Waals surface area contributed by atoms with Crippen LogP contribution in [0.1, 0.15) is 92.7 Å². The molecule has 0 atom stereocenters. The predicted octanol–water partition coefficient (Wildman–Crippen LogP) is 3.77. The molecular weight excluding hydrogens is 380 g/mol. The van der Waals surface area contributed by atoms with Gasteiger partial charge in [-0.05, 0) is 63.0 Å². The summed E-state index contributed by atoms with van der Waals surface area (Å²) in [5, 5.41) is 2.74. The third-order valence-corrected chi connectivity index (χ3v) is 6.43. The van der Waals surface area contributed by atoms with Gasteiger partial charge in [-0.2, -0.15) is 0 Å². The Kier molecular flexibility index (Phi) is 8.52. The monoisotopic (exact) mass is 416 g/mol. The van der Waals surface area contributed by atoms with Crippen LogP contribution in [0.25, 0.3) is 0 Å². The van der Waals surface area contributed by atoms with Gasteiger partial charge in [-0.3, -0.25) is 14.4 Å². The number of pyridine rings is 1. The van der Waals surface area contributed by atoms with Crippen molar-refractivity contribution in [3.05, 3.63) is 33.2 Å². The molecule has 1 fully saturated rings. The van der Waals surface area contributed by atoms with Gasteiger partial charge in [0, 0.05) is 18.8 Å². The van der Waals surface area contributed by atoms with Crippen molar-refractivity contribution in [3.63, 3.8) is 0 Å². The van der Waals surface area contributed by atoms with E-state index in [4.69, 9.17) is 4.74 Å². The number of aromatic nitrogens is 1. The lowest BCUT2D eigenvalue weighted by atomic mass is 9.88.